The van der Waals surface area contributed by atoms with Crippen LogP contribution in [0.1, 0.15) is 18.4 Å². The Labute approximate surface area is 107 Å². The van der Waals surface area contributed by atoms with E-state index >= 15 is 0 Å². The van der Waals surface area contributed by atoms with Gasteiger partial charge in [0.05, 0.1) is 0 Å². The van der Waals surface area contributed by atoms with Crippen molar-refractivity contribution in [2.45, 2.75) is 19.0 Å². The Bertz CT molecular complexity index is 552. The van der Waals surface area contributed by atoms with Crippen LogP contribution in [0.2, 0.25) is 0 Å². The highest BCUT2D eigenvalue weighted by Crippen LogP contribution is 2.40. The number of amides is 1. The second-order valence-corrected chi connectivity index (χ2v) is 4.13. The van der Waals surface area contributed by atoms with Crippen molar-refractivity contribution in [3.63, 3.8) is 0 Å². The molecule has 1 aromatic carbocycles. The van der Waals surface area contributed by atoms with Crippen LogP contribution in [0.5, 0.6) is 0 Å². The van der Waals surface area contributed by atoms with Gasteiger partial charge in [0.25, 0.3) is 0 Å². The zero-order chi connectivity index (χ0) is 15.2. The number of rotatable bonds is 1. The number of hydrogen-bond donors (Lipinski definition) is 0. The normalized spacial score (nSPS) is 16.1. The minimum Gasteiger partial charge on any atom is -0.307 e. The molecule has 110 valence electrons. The number of anilines is 1. The van der Waals surface area contributed by atoms with Gasteiger partial charge in [-0.2, -0.15) is 13.2 Å². The van der Waals surface area contributed by atoms with E-state index < -0.39 is 46.6 Å². The summed E-state index contributed by atoms with van der Waals surface area (Å²) in [5, 5.41) is 0. The van der Waals surface area contributed by atoms with E-state index in [1.165, 1.54) is 0 Å². The summed E-state index contributed by atoms with van der Waals surface area (Å²) >= 11 is 0. The fourth-order valence-electron chi connectivity index (χ4n) is 1.99. The molecule has 0 aromatic heterocycles. The maximum atomic E-state index is 13.6. The molecule has 1 heterocycles. The molecule has 0 aliphatic carbocycles. The number of hydrogen-bond acceptors (Lipinski definition) is 1. The van der Waals surface area contributed by atoms with Gasteiger partial charge in [0.2, 0.25) is 5.91 Å². The topological polar surface area (TPSA) is 20.3 Å². The van der Waals surface area contributed by atoms with Gasteiger partial charge in [0.1, 0.15) is 11.3 Å². The first kappa shape index (κ1) is 14.6. The van der Waals surface area contributed by atoms with Gasteiger partial charge in [0.15, 0.2) is 23.3 Å². The summed E-state index contributed by atoms with van der Waals surface area (Å²) in [6.07, 6.45) is -5.52. The molecule has 0 bridgehead atoms. The van der Waals surface area contributed by atoms with Gasteiger partial charge < -0.3 is 4.90 Å². The molecular weight excluding hydrogens is 295 g/mol. The molecule has 1 aromatic rings. The molecule has 20 heavy (non-hydrogen) atoms. The van der Waals surface area contributed by atoms with Crippen LogP contribution in [0.25, 0.3) is 0 Å². The van der Waals surface area contributed by atoms with Crippen molar-refractivity contribution in [1.82, 2.24) is 0 Å². The predicted octanol–water partition coefficient (Wildman–Crippen LogP) is 3.39. The van der Waals surface area contributed by atoms with E-state index in [1.54, 1.807) is 0 Å². The molecule has 2 nitrogen and oxygen atoms in total. The number of halogens is 7. The lowest BCUT2D eigenvalue weighted by Gasteiger charge is -2.20. The first-order valence-corrected chi connectivity index (χ1v) is 5.39. The van der Waals surface area contributed by atoms with E-state index in [2.05, 4.69) is 0 Å². The lowest BCUT2D eigenvalue weighted by molar-refractivity contribution is -0.143. The SMILES string of the molecule is O=C1CCCN1c1c(F)c(F)c(C(F)(F)F)c(F)c1F. The predicted molar refractivity (Wildman–Crippen MR) is 52.9 cm³/mol. The van der Waals surface area contributed by atoms with Gasteiger partial charge in [-0.3, -0.25) is 4.79 Å². The van der Waals surface area contributed by atoms with E-state index in [0.717, 1.165) is 0 Å². The number of carbonyl (C=O) groups excluding carboxylic acids is 1. The molecule has 1 saturated heterocycles. The summed E-state index contributed by atoms with van der Waals surface area (Å²) in [4.78, 5) is 11.7. The third kappa shape index (κ3) is 2.10. The summed E-state index contributed by atoms with van der Waals surface area (Å²) < 4.78 is 90.9. The maximum Gasteiger partial charge on any atom is 0.422 e. The van der Waals surface area contributed by atoms with Crippen molar-refractivity contribution >= 4 is 11.6 Å². The van der Waals surface area contributed by atoms with Gasteiger partial charge in [0, 0.05) is 13.0 Å². The second-order valence-electron chi connectivity index (χ2n) is 4.13. The highest BCUT2D eigenvalue weighted by atomic mass is 19.4. The Hall–Kier alpha value is -1.80. The van der Waals surface area contributed by atoms with Gasteiger partial charge in [-0.1, -0.05) is 0 Å². The van der Waals surface area contributed by atoms with Gasteiger partial charge in [-0.25, -0.2) is 17.6 Å². The average Bonchev–Trinajstić information content (AvgIpc) is 2.72. The molecule has 0 radical (unpaired) electrons. The summed E-state index contributed by atoms with van der Waals surface area (Å²) in [6, 6.07) is 0. The average molecular weight is 301 g/mol. The minimum atomic E-state index is -5.59. The van der Waals surface area contributed by atoms with Crippen LogP contribution in [-0.2, 0) is 11.0 Å². The van der Waals surface area contributed by atoms with Crippen molar-refractivity contribution in [1.29, 1.82) is 0 Å². The van der Waals surface area contributed by atoms with Crippen LogP contribution in [0.3, 0.4) is 0 Å². The number of benzene rings is 1. The maximum absolute atomic E-state index is 13.6. The standard InChI is InChI=1S/C11H6F7NO/c12-6-5(11(16,17)18)7(13)9(15)10(8(6)14)19-3-1-2-4(19)20/h1-3H2. The number of nitrogens with zero attached hydrogens (tertiary/aromatic N) is 1. The van der Waals surface area contributed by atoms with E-state index in [0.29, 0.717) is 4.90 Å². The Morgan fingerprint density at radius 2 is 1.40 bits per heavy atom. The molecule has 1 aliphatic rings. The van der Waals surface area contributed by atoms with Crippen LogP contribution < -0.4 is 4.90 Å². The molecule has 2 rings (SSSR count). The third-order valence-electron chi connectivity index (χ3n) is 2.87. The summed E-state index contributed by atoms with van der Waals surface area (Å²) in [6.45, 7) is -0.225. The molecule has 1 aliphatic heterocycles. The van der Waals surface area contributed by atoms with Crippen LogP contribution in [0.4, 0.5) is 36.4 Å². The van der Waals surface area contributed by atoms with Crippen LogP contribution in [0.15, 0.2) is 0 Å². The highest BCUT2D eigenvalue weighted by Gasteiger charge is 2.43. The lowest BCUT2D eigenvalue weighted by Crippen LogP contribution is -2.28. The minimum absolute atomic E-state index is 0.108. The van der Waals surface area contributed by atoms with Crippen LogP contribution in [-0.4, -0.2) is 12.5 Å². The molecule has 0 saturated carbocycles. The molecule has 0 atom stereocenters. The summed E-state index contributed by atoms with van der Waals surface area (Å²) in [7, 11) is 0. The Morgan fingerprint density at radius 3 is 1.75 bits per heavy atom. The molecule has 0 unspecified atom stereocenters. The van der Waals surface area contributed by atoms with Crippen molar-refractivity contribution in [2.75, 3.05) is 11.4 Å². The summed E-state index contributed by atoms with van der Waals surface area (Å²) in [5.41, 5.74) is -4.07. The highest BCUT2D eigenvalue weighted by molar-refractivity contribution is 5.95. The van der Waals surface area contributed by atoms with Gasteiger partial charge in [-0.15, -0.1) is 0 Å². The molecular formula is C11H6F7NO. The molecule has 1 amide bonds. The van der Waals surface area contributed by atoms with Crippen molar-refractivity contribution in [3.05, 3.63) is 28.8 Å². The smallest absolute Gasteiger partial charge is 0.307 e. The Morgan fingerprint density at radius 1 is 0.900 bits per heavy atom. The number of alkyl halides is 3. The first-order chi connectivity index (χ1) is 9.16. The number of carbonyl (C=O) groups is 1. The largest absolute Gasteiger partial charge is 0.422 e. The van der Waals surface area contributed by atoms with Crippen molar-refractivity contribution < 1.29 is 35.5 Å². The van der Waals surface area contributed by atoms with Crippen molar-refractivity contribution in [2.24, 2.45) is 0 Å². The van der Waals surface area contributed by atoms with Gasteiger partial charge in [-0.05, 0) is 6.42 Å². The van der Waals surface area contributed by atoms with Gasteiger partial charge >= 0.3 is 6.18 Å². The molecule has 1 fully saturated rings. The van der Waals surface area contributed by atoms with E-state index in [1.807, 2.05) is 0 Å². The van der Waals surface area contributed by atoms with E-state index in [9.17, 15) is 35.5 Å². The lowest BCUT2D eigenvalue weighted by atomic mass is 10.1. The zero-order valence-corrected chi connectivity index (χ0v) is 9.62. The molecule has 0 N–H and O–H groups in total. The summed E-state index contributed by atoms with van der Waals surface area (Å²) in [5.74, 6) is -10.4. The van der Waals surface area contributed by atoms with E-state index in [-0.39, 0.29) is 19.4 Å². The third-order valence-corrected chi connectivity index (χ3v) is 2.87. The van der Waals surface area contributed by atoms with Crippen LogP contribution >= 0.6 is 0 Å². The molecule has 9 heteroatoms. The monoisotopic (exact) mass is 301 g/mol. The van der Waals surface area contributed by atoms with Crippen molar-refractivity contribution in [3.8, 4) is 0 Å². The fourth-order valence-corrected chi connectivity index (χ4v) is 1.99. The first-order valence-electron chi connectivity index (χ1n) is 5.39. The zero-order valence-electron chi connectivity index (χ0n) is 9.62. The molecule has 0 spiro atoms. The quantitative estimate of drug-likeness (QED) is 0.575. The Balaban J connectivity index is 2.71. The Kier molecular flexibility index (Phi) is 3.39. The van der Waals surface area contributed by atoms with E-state index in [4.69, 9.17) is 0 Å². The van der Waals surface area contributed by atoms with Crippen LogP contribution in [0, 0.1) is 23.3 Å². The fraction of sp³-hybridized carbons (Fsp3) is 0.364. The second kappa shape index (κ2) is 4.64.